The van der Waals surface area contributed by atoms with E-state index in [1.807, 2.05) is 0 Å². The van der Waals surface area contributed by atoms with Gasteiger partial charge in [-0.15, -0.1) is 0 Å². The first-order valence-electron chi connectivity index (χ1n) is 9.58. The standard InChI is InChI=1S/C12H11O4P.C9H17N/c13-17(14,15-11-7-3-1-4-8-11)16-12-9-5-2-6-10-12;10-9-5-7-2-1-3-8(4-7)6-9/h1-10H,(H,13,14);7-9H,1-6,10H2. The van der Waals surface area contributed by atoms with Crippen LogP contribution in [0.4, 0.5) is 0 Å². The van der Waals surface area contributed by atoms with Gasteiger partial charge in [0.25, 0.3) is 0 Å². The molecule has 0 aromatic heterocycles. The fraction of sp³-hybridized carbons (Fsp3) is 0.429. The van der Waals surface area contributed by atoms with Gasteiger partial charge in [0.05, 0.1) is 0 Å². The summed E-state index contributed by atoms with van der Waals surface area (Å²) in [6, 6.07) is 17.3. The Hall–Kier alpha value is -1.81. The van der Waals surface area contributed by atoms with Gasteiger partial charge in [-0.25, -0.2) is 4.57 Å². The molecule has 2 unspecified atom stereocenters. The van der Waals surface area contributed by atoms with Crippen molar-refractivity contribution in [3.05, 3.63) is 60.7 Å². The quantitative estimate of drug-likeness (QED) is 0.706. The van der Waals surface area contributed by atoms with E-state index in [2.05, 4.69) is 0 Å². The largest absolute Gasteiger partial charge is 0.584 e. The molecule has 0 heterocycles. The van der Waals surface area contributed by atoms with Gasteiger partial charge in [0, 0.05) is 6.04 Å². The summed E-state index contributed by atoms with van der Waals surface area (Å²) in [4.78, 5) is 9.53. The second kappa shape index (κ2) is 9.41. The van der Waals surface area contributed by atoms with Crippen molar-refractivity contribution in [2.45, 2.75) is 44.6 Å². The van der Waals surface area contributed by atoms with Crippen LogP contribution in [0.1, 0.15) is 38.5 Å². The molecule has 2 aliphatic rings. The Kier molecular flexibility index (Phi) is 6.95. The van der Waals surface area contributed by atoms with Crippen LogP contribution in [0.25, 0.3) is 0 Å². The summed E-state index contributed by atoms with van der Waals surface area (Å²) in [7, 11) is -4.14. The summed E-state index contributed by atoms with van der Waals surface area (Å²) in [5.41, 5.74) is 5.93. The summed E-state index contributed by atoms with van der Waals surface area (Å²) in [5, 5.41) is 0. The summed E-state index contributed by atoms with van der Waals surface area (Å²) < 4.78 is 21.5. The molecule has 146 valence electrons. The van der Waals surface area contributed by atoms with Gasteiger partial charge in [-0.05, 0) is 55.4 Å². The van der Waals surface area contributed by atoms with Crippen LogP contribution in [0.15, 0.2) is 60.7 Å². The lowest BCUT2D eigenvalue weighted by Crippen LogP contribution is -2.35. The lowest BCUT2D eigenvalue weighted by molar-refractivity contribution is 0.171. The van der Waals surface area contributed by atoms with Crippen LogP contribution in [-0.4, -0.2) is 10.9 Å². The number of rotatable bonds is 4. The van der Waals surface area contributed by atoms with E-state index < -0.39 is 7.82 Å². The predicted octanol–water partition coefficient (Wildman–Crippen LogP) is 5.16. The van der Waals surface area contributed by atoms with Crippen LogP contribution < -0.4 is 14.8 Å². The monoisotopic (exact) mass is 389 g/mol. The molecule has 27 heavy (non-hydrogen) atoms. The molecular formula is C21H28NO4P. The predicted molar refractivity (Wildman–Crippen MR) is 107 cm³/mol. The summed E-state index contributed by atoms with van der Waals surface area (Å²) >= 11 is 0. The van der Waals surface area contributed by atoms with Crippen LogP contribution >= 0.6 is 7.82 Å². The molecule has 2 aliphatic carbocycles. The van der Waals surface area contributed by atoms with Crippen LogP contribution in [-0.2, 0) is 4.57 Å². The zero-order valence-corrected chi connectivity index (χ0v) is 16.3. The Morgan fingerprint density at radius 1 is 0.815 bits per heavy atom. The van der Waals surface area contributed by atoms with Gasteiger partial charge in [-0.2, -0.15) is 0 Å². The van der Waals surface area contributed by atoms with Gasteiger partial charge in [0.2, 0.25) is 0 Å². The third-order valence-electron chi connectivity index (χ3n) is 5.09. The molecular weight excluding hydrogens is 361 g/mol. The van der Waals surface area contributed by atoms with Gasteiger partial charge in [-0.1, -0.05) is 55.7 Å². The maximum atomic E-state index is 11.7. The van der Waals surface area contributed by atoms with Crippen LogP contribution in [0.5, 0.6) is 11.5 Å². The van der Waals surface area contributed by atoms with Crippen molar-refractivity contribution in [1.82, 2.24) is 0 Å². The molecule has 3 N–H and O–H groups in total. The number of hydrogen-bond acceptors (Lipinski definition) is 4. The van der Waals surface area contributed by atoms with Crippen molar-refractivity contribution in [1.29, 1.82) is 0 Å². The Morgan fingerprint density at radius 2 is 1.26 bits per heavy atom. The van der Waals surface area contributed by atoms with Crippen molar-refractivity contribution in [2.75, 3.05) is 0 Å². The first-order chi connectivity index (χ1) is 13.0. The highest BCUT2D eigenvalue weighted by Gasteiger charge is 2.29. The lowest BCUT2D eigenvalue weighted by Gasteiger charge is -2.37. The van der Waals surface area contributed by atoms with E-state index in [0.29, 0.717) is 6.04 Å². The van der Waals surface area contributed by atoms with Crippen molar-refractivity contribution in [2.24, 2.45) is 17.6 Å². The Bertz CT molecular complexity index is 679. The molecule has 6 heteroatoms. The second-order valence-electron chi connectivity index (χ2n) is 7.41. The molecule has 4 rings (SSSR count). The normalized spacial score (nSPS) is 24.3. The van der Waals surface area contributed by atoms with Crippen molar-refractivity contribution in [3.8, 4) is 11.5 Å². The minimum Gasteiger partial charge on any atom is -0.395 e. The van der Waals surface area contributed by atoms with Crippen molar-refractivity contribution >= 4 is 7.82 Å². The zero-order valence-electron chi connectivity index (χ0n) is 15.4. The molecule has 2 atom stereocenters. The Labute approximate surface area is 161 Å². The second-order valence-corrected chi connectivity index (χ2v) is 8.71. The fourth-order valence-electron chi connectivity index (χ4n) is 4.03. The van der Waals surface area contributed by atoms with E-state index in [0.717, 1.165) is 11.8 Å². The molecule has 0 spiro atoms. The maximum absolute atomic E-state index is 11.7. The third-order valence-corrected chi connectivity index (χ3v) is 5.97. The van der Waals surface area contributed by atoms with Gasteiger partial charge in [-0.3, -0.25) is 4.89 Å². The molecule has 2 fully saturated rings. The molecule has 2 aromatic rings. The van der Waals surface area contributed by atoms with Gasteiger partial charge >= 0.3 is 7.82 Å². The summed E-state index contributed by atoms with van der Waals surface area (Å²) in [6.45, 7) is 0. The highest BCUT2D eigenvalue weighted by Crippen LogP contribution is 2.44. The number of phosphoric ester groups is 1. The Morgan fingerprint density at radius 3 is 1.70 bits per heavy atom. The zero-order chi connectivity index (χ0) is 19.1. The highest BCUT2D eigenvalue weighted by atomic mass is 31.2. The van der Waals surface area contributed by atoms with Gasteiger partial charge in [0.15, 0.2) is 0 Å². The Balaban J connectivity index is 0.000000177. The van der Waals surface area contributed by atoms with E-state index in [1.165, 1.54) is 38.5 Å². The first kappa shape index (κ1) is 19.9. The third kappa shape index (κ3) is 6.69. The minimum absolute atomic E-state index is 0.286. The van der Waals surface area contributed by atoms with Crippen molar-refractivity contribution in [3.63, 3.8) is 0 Å². The smallest absolute Gasteiger partial charge is 0.395 e. The molecule has 0 saturated heterocycles. The van der Waals surface area contributed by atoms with E-state index in [9.17, 15) is 9.46 Å². The number of para-hydroxylation sites is 2. The van der Waals surface area contributed by atoms with Crippen LogP contribution in [0.2, 0.25) is 0 Å². The van der Waals surface area contributed by atoms with E-state index in [-0.39, 0.29) is 11.5 Å². The maximum Gasteiger partial charge on any atom is 0.584 e. The van der Waals surface area contributed by atoms with Crippen LogP contribution in [0.3, 0.4) is 0 Å². The number of benzene rings is 2. The van der Waals surface area contributed by atoms with E-state index in [4.69, 9.17) is 14.8 Å². The average molecular weight is 389 g/mol. The van der Waals surface area contributed by atoms with E-state index in [1.54, 1.807) is 60.7 Å². The van der Waals surface area contributed by atoms with Gasteiger partial charge < -0.3 is 14.8 Å². The minimum atomic E-state index is -4.14. The van der Waals surface area contributed by atoms with E-state index >= 15 is 0 Å². The number of nitrogens with two attached hydrogens (primary N) is 1. The topological polar surface area (TPSA) is 81.8 Å². The fourth-order valence-corrected chi connectivity index (χ4v) is 4.84. The van der Waals surface area contributed by atoms with Gasteiger partial charge in [0.1, 0.15) is 11.5 Å². The number of phosphoric acid groups is 1. The number of hydrogen-bond donors (Lipinski definition) is 2. The number of fused-ring (bicyclic) bond motifs is 2. The summed E-state index contributed by atoms with van der Waals surface area (Å²) in [5.74, 6) is 2.58. The molecule has 2 saturated carbocycles. The SMILES string of the molecule is NC1CC2CCCC(C1)C2.O=P(O)(Oc1ccccc1)Oc1ccccc1. The lowest BCUT2D eigenvalue weighted by atomic mass is 9.71. The van der Waals surface area contributed by atoms with Crippen molar-refractivity contribution < 1.29 is 18.5 Å². The average Bonchev–Trinajstić information content (AvgIpc) is 2.62. The molecule has 0 amide bonds. The van der Waals surface area contributed by atoms with Crippen LogP contribution in [0, 0.1) is 11.8 Å². The molecule has 5 nitrogen and oxygen atoms in total. The molecule has 2 bridgehead atoms. The highest BCUT2D eigenvalue weighted by molar-refractivity contribution is 7.48. The molecule has 2 aromatic carbocycles. The summed E-state index contributed by atoms with van der Waals surface area (Å²) in [6.07, 6.45) is 8.52. The first-order valence-corrected chi connectivity index (χ1v) is 11.1. The molecule has 0 aliphatic heterocycles. The molecule has 0 radical (unpaired) electrons.